The first-order valence-electron chi connectivity index (χ1n) is 9.77. The van der Waals surface area contributed by atoms with Crippen LogP contribution in [0.3, 0.4) is 0 Å². The molecule has 0 radical (unpaired) electrons. The summed E-state index contributed by atoms with van der Waals surface area (Å²) in [7, 11) is 1.66. The Bertz CT molecular complexity index is 1170. The number of imidazole rings is 1. The third kappa shape index (κ3) is 4.41. The van der Waals surface area contributed by atoms with E-state index in [1.807, 2.05) is 42.5 Å². The number of hydrogen-bond acceptors (Lipinski definition) is 3. The highest BCUT2D eigenvalue weighted by molar-refractivity contribution is 9.10. The molecule has 30 heavy (non-hydrogen) atoms. The summed E-state index contributed by atoms with van der Waals surface area (Å²) in [6, 6.07) is 22.5. The summed E-state index contributed by atoms with van der Waals surface area (Å²) in [6.45, 7) is 4.87. The summed E-state index contributed by atoms with van der Waals surface area (Å²) in [5.74, 6) is 2.29. The zero-order valence-electron chi connectivity index (χ0n) is 16.8. The van der Waals surface area contributed by atoms with Crippen molar-refractivity contribution < 1.29 is 9.47 Å². The van der Waals surface area contributed by atoms with Gasteiger partial charge in [-0.3, -0.25) is 0 Å². The maximum Gasteiger partial charge on any atom is 0.161 e. The lowest BCUT2D eigenvalue weighted by Gasteiger charge is -2.13. The van der Waals surface area contributed by atoms with Crippen molar-refractivity contribution in [3.8, 4) is 11.5 Å². The molecule has 1 heterocycles. The fraction of sp³-hybridized carbons (Fsp3) is 0.160. The normalized spacial score (nSPS) is 10.9. The van der Waals surface area contributed by atoms with Crippen LogP contribution in [-0.2, 0) is 19.6 Å². The van der Waals surface area contributed by atoms with E-state index >= 15 is 0 Å². The molecule has 4 rings (SSSR count). The molecule has 1 aromatic heterocycles. The Balaban J connectivity index is 1.62. The van der Waals surface area contributed by atoms with Gasteiger partial charge in [0.15, 0.2) is 11.5 Å². The smallest absolute Gasteiger partial charge is 0.161 e. The van der Waals surface area contributed by atoms with Crippen LogP contribution in [0.4, 0.5) is 0 Å². The highest BCUT2D eigenvalue weighted by Crippen LogP contribution is 2.29. The van der Waals surface area contributed by atoms with Crippen LogP contribution in [0.25, 0.3) is 11.0 Å². The summed E-state index contributed by atoms with van der Waals surface area (Å²) in [5, 5.41) is 0. The van der Waals surface area contributed by atoms with Crippen molar-refractivity contribution in [1.82, 2.24) is 9.55 Å². The van der Waals surface area contributed by atoms with Crippen molar-refractivity contribution in [3.05, 3.63) is 101 Å². The van der Waals surface area contributed by atoms with Crippen LogP contribution in [-0.4, -0.2) is 16.7 Å². The van der Waals surface area contributed by atoms with Gasteiger partial charge in [-0.05, 0) is 53.9 Å². The minimum Gasteiger partial charge on any atom is -0.493 e. The Morgan fingerprint density at radius 2 is 1.77 bits per heavy atom. The highest BCUT2D eigenvalue weighted by atomic mass is 79.9. The van der Waals surface area contributed by atoms with Gasteiger partial charge in [-0.2, -0.15) is 0 Å². The average molecular weight is 463 g/mol. The van der Waals surface area contributed by atoms with E-state index in [0.29, 0.717) is 18.1 Å². The molecule has 4 nitrogen and oxygen atoms in total. The largest absolute Gasteiger partial charge is 0.493 e. The van der Waals surface area contributed by atoms with E-state index in [1.165, 1.54) is 5.56 Å². The summed E-state index contributed by atoms with van der Waals surface area (Å²) in [5.41, 5.74) is 4.39. The molecule has 0 aliphatic rings. The van der Waals surface area contributed by atoms with E-state index in [1.54, 1.807) is 7.11 Å². The number of halogens is 1. The van der Waals surface area contributed by atoms with Crippen LogP contribution in [0.2, 0.25) is 0 Å². The number of methoxy groups -OCH3 is 1. The molecule has 3 aromatic carbocycles. The number of benzene rings is 3. The monoisotopic (exact) mass is 462 g/mol. The van der Waals surface area contributed by atoms with Gasteiger partial charge in [0.1, 0.15) is 12.4 Å². The van der Waals surface area contributed by atoms with Gasteiger partial charge in [-0.25, -0.2) is 4.98 Å². The molecular weight excluding hydrogens is 440 g/mol. The quantitative estimate of drug-likeness (QED) is 0.294. The van der Waals surface area contributed by atoms with Crippen LogP contribution in [0.1, 0.15) is 17.0 Å². The summed E-state index contributed by atoms with van der Waals surface area (Å²) < 4.78 is 14.9. The average Bonchev–Trinajstić information content (AvgIpc) is 3.12. The predicted octanol–water partition coefficient (Wildman–Crippen LogP) is 6.16. The van der Waals surface area contributed by atoms with Crippen LogP contribution >= 0.6 is 15.9 Å². The fourth-order valence-corrected chi connectivity index (χ4v) is 3.72. The van der Waals surface area contributed by atoms with E-state index in [2.05, 4.69) is 57.4 Å². The van der Waals surface area contributed by atoms with Gasteiger partial charge in [0.05, 0.1) is 18.1 Å². The van der Waals surface area contributed by atoms with Crippen molar-refractivity contribution in [2.24, 2.45) is 0 Å². The zero-order valence-corrected chi connectivity index (χ0v) is 18.4. The van der Waals surface area contributed by atoms with E-state index < -0.39 is 0 Å². The van der Waals surface area contributed by atoms with Crippen molar-refractivity contribution in [2.45, 2.75) is 19.6 Å². The summed E-state index contributed by atoms with van der Waals surface area (Å²) in [4.78, 5) is 4.82. The molecule has 0 fully saturated rings. The number of hydrogen-bond donors (Lipinski definition) is 0. The second-order valence-corrected chi connectivity index (χ2v) is 7.91. The Morgan fingerprint density at radius 3 is 2.53 bits per heavy atom. The Hall–Kier alpha value is -3.05. The number of rotatable bonds is 8. The van der Waals surface area contributed by atoms with Crippen molar-refractivity contribution >= 4 is 27.0 Å². The fourth-order valence-electron chi connectivity index (χ4n) is 3.45. The molecule has 0 aliphatic heterocycles. The summed E-state index contributed by atoms with van der Waals surface area (Å²) >= 11 is 3.50. The lowest BCUT2D eigenvalue weighted by Crippen LogP contribution is -2.09. The van der Waals surface area contributed by atoms with Gasteiger partial charge >= 0.3 is 0 Å². The third-order valence-corrected chi connectivity index (χ3v) is 5.48. The zero-order chi connectivity index (χ0) is 20.9. The minimum atomic E-state index is 0.350. The molecule has 0 spiro atoms. The van der Waals surface area contributed by atoms with Gasteiger partial charge in [0.25, 0.3) is 0 Å². The van der Waals surface area contributed by atoms with Gasteiger partial charge in [0, 0.05) is 11.0 Å². The Labute approximate surface area is 184 Å². The molecule has 0 saturated heterocycles. The molecule has 0 aliphatic carbocycles. The lowest BCUT2D eigenvalue weighted by molar-refractivity contribution is 0.272. The molecule has 0 atom stereocenters. The first-order chi connectivity index (χ1) is 14.7. The second-order valence-electron chi connectivity index (χ2n) is 7.00. The molecule has 0 saturated carbocycles. The molecule has 5 heteroatoms. The van der Waals surface area contributed by atoms with Gasteiger partial charge < -0.3 is 14.0 Å². The van der Waals surface area contributed by atoms with Crippen molar-refractivity contribution in [1.29, 1.82) is 0 Å². The maximum atomic E-state index is 6.13. The molecule has 152 valence electrons. The van der Waals surface area contributed by atoms with E-state index in [4.69, 9.17) is 14.5 Å². The van der Waals surface area contributed by atoms with Crippen molar-refractivity contribution in [3.63, 3.8) is 0 Å². The van der Waals surface area contributed by atoms with Gasteiger partial charge in [-0.1, -0.05) is 52.3 Å². The van der Waals surface area contributed by atoms with E-state index in [-0.39, 0.29) is 0 Å². The van der Waals surface area contributed by atoms with Crippen LogP contribution < -0.4 is 9.47 Å². The van der Waals surface area contributed by atoms with E-state index in [9.17, 15) is 0 Å². The molecule has 0 bridgehead atoms. The SMILES string of the molecule is C=CCc1ccc(OCc2nc3ccccc3n2Cc2ccc(Br)cc2)c(OC)c1. The van der Waals surface area contributed by atoms with Crippen LogP contribution in [0.5, 0.6) is 11.5 Å². The first kappa shape index (κ1) is 20.2. The van der Waals surface area contributed by atoms with Crippen LogP contribution in [0.15, 0.2) is 83.9 Å². The molecule has 0 N–H and O–H groups in total. The molecule has 0 unspecified atom stereocenters. The first-order valence-corrected chi connectivity index (χ1v) is 10.6. The number of para-hydroxylation sites is 2. The lowest BCUT2D eigenvalue weighted by atomic mass is 10.1. The standard InChI is InChI=1S/C25H23BrN2O2/c1-3-6-18-11-14-23(24(15-18)29-2)30-17-25-27-21-7-4-5-8-22(21)28(25)16-19-9-12-20(26)13-10-19/h3-5,7-15H,1,6,16-17H2,2H3. The Morgan fingerprint density at radius 1 is 1.00 bits per heavy atom. The molecule has 4 aromatic rings. The number of nitrogens with zero attached hydrogens (tertiary/aromatic N) is 2. The molecule has 0 amide bonds. The number of fused-ring (bicyclic) bond motifs is 1. The maximum absolute atomic E-state index is 6.13. The van der Waals surface area contributed by atoms with Gasteiger partial charge in [0.2, 0.25) is 0 Å². The number of aromatic nitrogens is 2. The minimum absolute atomic E-state index is 0.350. The number of ether oxygens (including phenoxy) is 2. The highest BCUT2D eigenvalue weighted by Gasteiger charge is 2.13. The Kier molecular flexibility index (Phi) is 6.19. The molecular formula is C25H23BrN2O2. The van der Waals surface area contributed by atoms with E-state index in [0.717, 1.165) is 39.9 Å². The summed E-state index contributed by atoms with van der Waals surface area (Å²) in [6.07, 6.45) is 2.67. The van der Waals surface area contributed by atoms with Crippen LogP contribution in [0, 0.1) is 0 Å². The predicted molar refractivity (Wildman–Crippen MR) is 124 cm³/mol. The number of allylic oxidation sites excluding steroid dienone is 1. The van der Waals surface area contributed by atoms with Gasteiger partial charge in [-0.15, -0.1) is 6.58 Å². The van der Waals surface area contributed by atoms with Crippen molar-refractivity contribution in [2.75, 3.05) is 7.11 Å². The second kappa shape index (κ2) is 9.18. The topological polar surface area (TPSA) is 36.3 Å². The third-order valence-electron chi connectivity index (χ3n) is 4.95.